The quantitative estimate of drug-likeness (QED) is 0.381. The molecule has 2 N–H and O–H groups in total. The first-order valence-electron chi connectivity index (χ1n) is 9.45. The predicted octanol–water partition coefficient (Wildman–Crippen LogP) is 3.03. The lowest BCUT2D eigenvalue weighted by Crippen LogP contribution is -2.44. The average molecular weight is 407 g/mol. The standard InChI is InChI=1S/C20H31FN6S/c1-15-25-26-18(27(15)4)13-23-19(22-10-7-11-28-5)24-14-20(2,3)16-8-6-9-17(21)12-16/h6,8-9,12H,7,10-11,13-14H2,1-5H3,(H2,22,23,24). The zero-order valence-corrected chi connectivity index (χ0v) is 18.2. The number of rotatable bonds is 9. The number of halogens is 1. The molecule has 0 saturated heterocycles. The van der Waals surface area contributed by atoms with E-state index >= 15 is 0 Å². The monoisotopic (exact) mass is 406 g/mol. The number of aromatic nitrogens is 3. The number of nitrogens with zero attached hydrogens (tertiary/aromatic N) is 4. The van der Waals surface area contributed by atoms with E-state index in [-0.39, 0.29) is 11.2 Å². The minimum atomic E-state index is -0.245. The van der Waals surface area contributed by atoms with E-state index in [4.69, 9.17) is 0 Å². The van der Waals surface area contributed by atoms with Gasteiger partial charge >= 0.3 is 0 Å². The summed E-state index contributed by atoms with van der Waals surface area (Å²) in [4.78, 5) is 4.67. The lowest BCUT2D eigenvalue weighted by atomic mass is 9.84. The van der Waals surface area contributed by atoms with Crippen molar-refractivity contribution in [3.63, 3.8) is 0 Å². The van der Waals surface area contributed by atoms with E-state index in [0.717, 1.165) is 41.9 Å². The van der Waals surface area contributed by atoms with Crippen molar-refractivity contribution in [3.8, 4) is 0 Å². The second-order valence-electron chi connectivity index (χ2n) is 7.41. The van der Waals surface area contributed by atoms with Gasteiger partial charge in [-0.05, 0) is 43.0 Å². The molecule has 0 fully saturated rings. The Morgan fingerprint density at radius 2 is 2.07 bits per heavy atom. The van der Waals surface area contributed by atoms with Crippen LogP contribution >= 0.6 is 11.8 Å². The highest BCUT2D eigenvalue weighted by molar-refractivity contribution is 7.98. The van der Waals surface area contributed by atoms with Crippen LogP contribution in [0.25, 0.3) is 0 Å². The number of aliphatic imine (C=N–C) groups is 1. The Hall–Kier alpha value is -2.09. The lowest BCUT2D eigenvalue weighted by Gasteiger charge is -2.27. The van der Waals surface area contributed by atoms with Gasteiger partial charge in [-0.3, -0.25) is 0 Å². The molecular weight excluding hydrogens is 375 g/mol. The maximum atomic E-state index is 13.6. The first kappa shape index (κ1) is 22.2. The molecule has 2 aromatic rings. The molecular formula is C20H31FN6S. The van der Waals surface area contributed by atoms with Gasteiger partial charge in [0.25, 0.3) is 0 Å². The second-order valence-corrected chi connectivity index (χ2v) is 8.39. The summed E-state index contributed by atoms with van der Waals surface area (Å²) in [6.07, 6.45) is 3.16. The van der Waals surface area contributed by atoms with Crippen LogP contribution in [0.2, 0.25) is 0 Å². The van der Waals surface area contributed by atoms with Crippen LogP contribution in [-0.2, 0) is 19.0 Å². The number of aryl methyl sites for hydroxylation is 1. The number of thioether (sulfide) groups is 1. The van der Waals surface area contributed by atoms with Crippen LogP contribution in [0.5, 0.6) is 0 Å². The van der Waals surface area contributed by atoms with Crippen LogP contribution in [-0.4, -0.2) is 45.8 Å². The Labute approximate surface area is 171 Å². The molecule has 154 valence electrons. The van der Waals surface area contributed by atoms with Gasteiger partial charge in [0.05, 0.1) is 0 Å². The van der Waals surface area contributed by atoms with Crippen molar-refractivity contribution in [2.45, 2.75) is 39.2 Å². The molecule has 0 aliphatic carbocycles. The Morgan fingerprint density at radius 1 is 1.29 bits per heavy atom. The summed E-state index contributed by atoms with van der Waals surface area (Å²) in [5.74, 6) is 3.28. The van der Waals surface area contributed by atoms with Gasteiger partial charge in [-0.25, -0.2) is 9.38 Å². The van der Waals surface area contributed by atoms with Crippen molar-refractivity contribution >= 4 is 17.7 Å². The highest BCUT2D eigenvalue weighted by Gasteiger charge is 2.21. The largest absolute Gasteiger partial charge is 0.356 e. The van der Waals surface area contributed by atoms with Crippen molar-refractivity contribution in [2.75, 3.05) is 25.1 Å². The minimum absolute atomic E-state index is 0.215. The topological polar surface area (TPSA) is 67.1 Å². The van der Waals surface area contributed by atoms with Crippen LogP contribution in [0, 0.1) is 12.7 Å². The summed E-state index contributed by atoms with van der Waals surface area (Å²) in [5.41, 5.74) is 0.705. The second kappa shape index (κ2) is 10.5. The number of benzene rings is 1. The third-order valence-corrected chi connectivity index (χ3v) is 5.38. The zero-order chi connectivity index (χ0) is 20.6. The molecule has 1 aromatic carbocycles. The van der Waals surface area contributed by atoms with Crippen molar-refractivity contribution in [3.05, 3.63) is 47.3 Å². The molecule has 0 aliphatic heterocycles. The number of hydrogen-bond acceptors (Lipinski definition) is 4. The fourth-order valence-electron chi connectivity index (χ4n) is 2.65. The van der Waals surface area contributed by atoms with E-state index in [2.05, 4.69) is 45.9 Å². The molecule has 0 saturated carbocycles. The lowest BCUT2D eigenvalue weighted by molar-refractivity contribution is 0.502. The average Bonchev–Trinajstić information content (AvgIpc) is 2.98. The molecule has 0 amide bonds. The van der Waals surface area contributed by atoms with E-state index in [9.17, 15) is 4.39 Å². The van der Waals surface area contributed by atoms with Gasteiger partial charge < -0.3 is 15.2 Å². The zero-order valence-electron chi connectivity index (χ0n) is 17.4. The minimum Gasteiger partial charge on any atom is -0.356 e. The number of hydrogen-bond donors (Lipinski definition) is 2. The third-order valence-electron chi connectivity index (χ3n) is 4.68. The van der Waals surface area contributed by atoms with Gasteiger partial charge in [0.15, 0.2) is 11.8 Å². The third kappa shape index (κ3) is 6.51. The van der Waals surface area contributed by atoms with Crippen LogP contribution in [0.15, 0.2) is 29.3 Å². The molecule has 0 bridgehead atoms. The normalized spacial score (nSPS) is 12.3. The Bertz CT molecular complexity index is 787. The van der Waals surface area contributed by atoms with Gasteiger partial charge in [-0.15, -0.1) is 10.2 Å². The van der Waals surface area contributed by atoms with E-state index in [0.29, 0.717) is 13.1 Å². The molecule has 6 nitrogen and oxygen atoms in total. The first-order chi connectivity index (χ1) is 13.3. The van der Waals surface area contributed by atoms with Gasteiger partial charge in [0.2, 0.25) is 0 Å². The highest BCUT2D eigenvalue weighted by atomic mass is 32.2. The van der Waals surface area contributed by atoms with Crippen molar-refractivity contribution < 1.29 is 4.39 Å². The van der Waals surface area contributed by atoms with E-state index < -0.39 is 0 Å². The molecule has 2 rings (SSSR count). The van der Waals surface area contributed by atoms with E-state index in [1.165, 1.54) is 6.07 Å². The van der Waals surface area contributed by atoms with Gasteiger partial charge in [0.1, 0.15) is 18.2 Å². The molecule has 8 heteroatoms. The number of guanidine groups is 1. The molecule has 0 spiro atoms. The maximum absolute atomic E-state index is 13.6. The van der Waals surface area contributed by atoms with Gasteiger partial charge in [-0.2, -0.15) is 11.8 Å². The maximum Gasteiger partial charge on any atom is 0.191 e. The molecule has 1 heterocycles. The van der Waals surface area contributed by atoms with Crippen molar-refractivity contribution in [2.24, 2.45) is 12.0 Å². The predicted molar refractivity (Wildman–Crippen MR) is 115 cm³/mol. The molecule has 28 heavy (non-hydrogen) atoms. The summed E-state index contributed by atoms with van der Waals surface area (Å²) in [6.45, 7) is 8.00. The first-order valence-corrected chi connectivity index (χ1v) is 10.8. The molecule has 0 atom stereocenters. The van der Waals surface area contributed by atoms with E-state index in [1.807, 2.05) is 36.4 Å². The Balaban J connectivity index is 2.05. The summed E-state index contributed by atoms with van der Waals surface area (Å²) in [6, 6.07) is 6.76. The van der Waals surface area contributed by atoms with Gasteiger partial charge in [0, 0.05) is 25.6 Å². The fraction of sp³-hybridized carbons (Fsp3) is 0.550. The fourth-order valence-corrected chi connectivity index (χ4v) is 3.09. The van der Waals surface area contributed by atoms with Crippen LogP contribution in [0.1, 0.15) is 37.5 Å². The number of nitrogens with one attached hydrogen (secondary N) is 2. The summed E-state index contributed by atoms with van der Waals surface area (Å²) in [7, 11) is 1.94. The SMILES string of the molecule is CSCCCNC(=NCc1nnc(C)n1C)NCC(C)(C)c1cccc(F)c1. The highest BCUT2D eigenvalue weighted by Crippen LogP contribution is 2.22. The van der Waals surface area contributed by atoms with Crippen LogP contribution in [0.3, 0.4) is 0 Å². The van der Waals surface area contributed by atoms with Crippen molar-refractivity contribution in [1.82, 2.24) is 25.4 Å². The summed E-state index contributed by atoms with van der Waals surface area (Å²) >= 11 is 1.83. The van der Waals surface area contributed by atoms with Crippen LogP contribution < -0.4 is 10.6 Å². The summed E-state index contributed by atoms with van der Waals surface area (Å²) in [5, 5.41) is 15.0. The molecule has 0 radical (unpaired) electrons. The summed E-state index contributed by atoms with van der Waals surface area (Å²) < 4.78 is 15.5. The Morgan fingerprint density at radius 3 is 2.71 bits per heavy atom. The molecule has 0 aliphatic rings. The van der Waals surface area contributed by atoms with Crippen LogP contribution in [0.4, 0.5) is 4.39 Å². The van der Waals surface area contributed by atoms with Gasteiger partial charge in [-0.1, -0.05) is 26.0 Å². The Kier molecular flexibility index (Phi) is 8.29. The smallest absolute Gasteiger partial charge is 0.191 e. The molecule has 0 unspecified atom stereocenters. The van der Waals surface area contributed by atoms with E-state index in [1.54, 1.807) is 12.1 Å². The van der Waals surface area contributed by atoms with Crippen molar-refractivity contribution in [1.29, 1.82) is 0 Å². The molecule has 1 aromatic heterocycles.